The molecule has 0 aliphatic heterocycles. The summed E-state index contributed by atoms with van der Waals surface area (Å²) in [7, 11) is 0. The van der Waals surface area contributed by atoms with Gasteiger partial charge >= 0.3 is 11.7 Å². The normalized spacial score (nSPS) is 9.79. The number of carbonyl (C=O) groups excluding carboxylic acids is 2. The van der Waals surface area contributed by atoms with E-state index in [0.717, 1.165) is 18.2 Å². The first kappa shape index (κ1) is 14.6. The van der Waals surface area contributed by atoms with E-state index >= 15 is 0 Å². The van der Waals surface area contributed by atoms with Crippen LogP contribution in [0.25, 0.3) is 0 Å². The Kier molecular flexibility index (Phi) is 4.92. The average molecular weight is 270 g/mol. The van der Waals surface area contributed by atoms with Gasteiger partial charge in [0.1, 0.15) is 6.54 Å². The van der Waals surface area contributed by atoms with Crippen LogP contribution in [0.1, 0.15) is 17.3 Å². The monoisotopic (exact) mass is 270 g/mol. The molecule has 0 fully saturated rings. The van der Waals surface area contributed by atoms with Crippen molar-refractivity contribution in [2.75, 3.05) is 13.2 Å². The van der Waals surface area contributed by atoms with E-state index in [9.17, 15) is 24.1 Å². The first-order valence-electron chi connectivity index (χ1n) is 5.33. The predicted octanol–water partition coefficient (Wildman–Crippen LogP) is 1.03. The molecule has 0 spiro atoms. The maximum Gasteiger partial charge on any atom is 0.325 e. The second-order valence-electron chi connectivity index (χ2n) is 3.41. The van der Waals surface area contributed by atoms with Gasteiger partial charge in [-0.05, 0) is 19.1 Å². The van der Waals surface area contributed by atoms with E-state index in [4.69, 9.17) is 0 Å². The first-order valence-corrected chi connectivity index (χ1v) is 5.33. The number of halogens is 1. The number of hydrogen-bond acceptors (Lipinski definition) is 5. The molecule has 7 nitrogen and oxygen atoms in total. The Bertz CT molecular complexity index is 518. The third-order valence-corrected chi connectivity index (χ3v) is 2.10. The van der Waals surface area contributed by atoms with Crippen LogP contribution in [0.5, 0.6) is 0 Å². The van der Waals surface area contributed by atoms with Crippen LogP contribution < -0.4 is 5.32 Å². The van der Waals surface area contributed by atoms with Crippen molar-refractivity contribution in [3.05, 3.63) is 39.7 Å². The Labute approximate surface area is 107 Å². The lowest BCUT2D eigenvalue weighted by Crippen LogP contribution is -2.30. The summed E-state index contributed by atoms with van der Waals surface area (Å²) >= 11 is 0. The summed E-state index contributed by atoms with van der Waals surface area (Å²) in [4.78, 5) is 32.2. The smallest absolute Gasteiger partial charge is 0.325 e. The van der Waals surface area contributed by atoms with Gasteiger partial charge in [-0.2, -0.15) is 4.39 Å². The molecule has 1 aromatic carbocycles. The highest BCUT2D eigenvalue weighted by molar-refractivity contribution is 5.96. The van der Waals surface area contributed by atoms with Crippen LogP contribution in [-0.4, -0.2) is 30.0 Å². The molecular formula is C11H11FN2O5. The lowest BCUT2D eigenvalue weighted by atomic mass is 10.2. The zero-order valence-electron chi connectivity index (χ0n) is 10.0. The molecule has 0 saturated heterocycles. The number of benzene rings is 1. The molecule has 0 bridgehead atoms. The van der Waals surface area contributed by atoms with Crippen molar-refractivity contribution in [3.63, 3.8) is 0 Å². The van der Waals surface area contributed by atoms with E-state index in [1.807, 2.05) is 0 Å². The second-order valence-corrected chi connectivity index (χ2v) is 3.41. The van der Waals surface area contributed by atoms with Crippen molar-refractivity contribution in [2.45, 2.75) is 6.92 Å². The van der Waals surface area contributed by atoms with E-state index in [1.54, 1.807) is 6.92 Å². The minimum Gasteiger partial charge on any atom is -0.465 e. The highest BCUT2D eigenvalue weighted by atomic mass is 19.1. The minimum atomic E-state index is -1.04. The molecule has 19 heavy (non-hydrogen) atoms. The molecule has 0 aromatic heterocycles. The zero-order valence-corrected chi connectivity index (χ0v) is 10.0. The fourth-order valence-electron chi connectivity index (χ4n) is 1.26. The molecule has 1 amide bonds. The van der Waals surface area contributed by atoms with E-state index < -0.39 is 28.3 Å². The standard InChI is InChI=1S/C11H11FN2O5/c1-2-19-10(15)6-13-11(16)7-3-4-8(12)9(5-7)14(17)18/h3-5H,2,6H2,1H3,(H,13,16). The number of ether oxygens (including phenoxy) is 1. The van der Waals surface area contributed by atoms with Crippen LogP contribution in [0.4, 0.5) is 10.1 Å². The number of esters is 1. The van der Waals surface area contributed by atoms with Gasteiger partial charge in [-0.1, -0.05) is 0 Å². The molecule has 0 aliphatic rings. The van der Waals surface area contributed by atoms with Crippen LogP contribution in [0.3, 0.4) is 0 Å². The number of carbonyl (C=O) groups is 2. The van der Waals surface area contributed by atoms with Crippen LogP contribution >= 0.6 is 0 Å². The van der Waals surface area contributed by atoms with Crippen LogP contribution in [-0.2, 0) is 9.53 Å². The molecule has 1 N–H and O–H groups in total. The number of nitro groups is 1. The SMILES string of the molecule is CCOC(=O)CNC(=O)c1ccc(F)c([N+](=O)[O-])c1. The largest absolute Gasteiger partial charge is 0.465 e. The van der Waals surface area contributed by atoms with Gasteiger partial charge in [-0.25, -0.2) is 0 Å². The fourth-order valence-corrected chi connectivity index (χ4v) is 1.26. The predicted molar refractivity (Wildman–Crippen MR) is 62.0 cm³/mol. The van der Waals surface area contributed by atoms with Crippen molar-refractivity contribution < 1.29 is 23.6 Å². The van der Waals surface area contributed by atoms with Crippen molar-refractivity contribution in [3.8, 4) is 0 Å². The lowest BCUT2D eigenvalue weighted by Gasteiger charge is -2.05. The van der Waals surface area contributed by atoms with Crippen molar-refractivity contribution >= 4 is 17.6 Å². The number of nitro benzene ring substituents is 1. The van der Waals surface area contributed by atoms with Gasteiger partial charge in [-0.15, -0.1) is 0 Å². The molecule has 0 aliphatic carbocycles. The maximum absolute atomic E-state index is 13.1. The van der Waals surface area contributed by atoms with Crippen LogP contribution in [0, 0.1) is 15.9 Å². The van der Waals surface area contributed by atoms with Gasteiger partial charge in [-0.3, -0.25) is 19.7 Å². The number of nitrogens with one attached hydrogen (secondary N) is 1. The quantitative estimate of drug-likeness (QED) is 0.489. The van der Waals surface area contributed by atoms with Gasteiger partial charge in [0.2, 0.25) is 5.82 Å². The summed E-state index contributed by atoms with van der Waals surface area (Å²) in [6.07, 6.45) is 0. The Balaban J connectivity index is 2.75. The summed E-state index contributed by atoms with van der Waals surface area (Å²) in [5, 5.41) is 12.7. The second kappa shape index (κ2) is 6.43. The highest BCUT2D eigenvalue weighted by Crippen LogP contribution is 2.18. The highest BCUT2D eigenvalue weighted by Gasteiger charge is 2.17. The zero-order chi connectivity index (χ0) is 14.4. The number of hydrogen-bond donors (Lipinski definition) is 1. The summed E-state index contributed by atoms with van der Waals surface area (Å²) < 4.78 is 17.6. The summed E-state index contributed by atoms with van der Waals surface area (Å²) in [5.74, 6) is -2.39. The summed E-state index contributed by atoms with van der Waals surface area (Å²) in [6.45, 7) is 1.43. The van der Waals surface area contributed by atoms with Crippen LogP contribution in [0.2, 0.25) is 0 Å². The third kappa shape index (κ3) is 4.02. The average Bonchev–Trinajstić information content (AvgIpc) is 2.36. The Morgan fingerprint density at radius 2 is 2.16 bits per heavy atom. The minimum absolute atomic E-state index is 0.114. The Hall–Kier alpha value is -2.51. The van der Waals surface area contributed by atoms with E-state index in [0.29, 0.717) is 0 Å². The molecule has 1 rings (SSSR count). The summed E-state index contributed by atoms with van der Waals surface area (Å²) in [5.41, 5.74) is -0.916. The van der Waals surface area contributed by atoms with Gasteiger partial charge in [0.05, 0.1) is 11.5 Å². The van der Waals surface area contributed by atoms with Crippen LogP contribution in [0.15, 0.2) is 18.2 Å². The molecule has 0 atom stereocenters. The van der Waals surface area contributed by atoms with Crippen molar-refractivity contribution in [1.82, 2.24) is 5.32 Å². The van der Waals surface area contributed by atoms with Crippen molar-refractivity contribution in [1.29, 1.82) is 0 Å². The lowest BCUT2D eigenvalue weighted by molar-refractivity contribution is -0.387. The molecule has 0 radical (unpaired) electrons. The Morgan fingerprint density at radius 3 is 2.74 bits per heavy atom. The molecule has 0 unspecified atom stereocenters. The molecule has 0 heterocycles. The molecule has 8 heteroatoms. The fraction of sp³-hybridized carbons (Fsp3) is 0.273. The van der Waals surface area contributed by atoms with Crippen molar-refractivity contribution in [2.24, 2.45) is 0 Å². The number of amides is 1. The maximum atomic E-state index is 13.1. The van der Waals surface area contributed by atoms with Gasteiger partial charge in [0, 0.05) is 11.6 Å². The Morgan fingerprint density at radius 1 is 1.47 bits per heavy atom. The van der Waals surface area contributed by atoms with Gasteiger partial charge < -0.3 is 10.1 Å². The van der Waals surface area contributed by atoms with Gasteiger partial charge in [0.25, 0.3) is 5.91 Å². The molecular weight excluding hydrogens is 259 g/mol. The van der Waals surface area contributed by atoms with E-state index in [-0.39, 0.29) is 18.7 Å². The van der Waals surface area contributed by atoms with Gasteiger partial charge in [0.15, 0.2) is 0 Å². The molecule has 1 aromatic rings. The topological polar surface area (TPSA) is 98.5 Å². The molecule has 102 valence electrons. The van der Waals surface area contributed by atoms with E-state index in [2.05, 4.69) is 10.1 Å². The molecule has 0 saturated carbocycles. The number of rotatable bonds is 5. The summed E-state index contributed by atoms with van der Waals surface area (Å²) in [6, 6.07) is 2.70. The number of nitrogens with zero attached hydrogens (tertiary/aromatic N) is 1. The third-order valence-electron chi connectivity index (χ3n) is 2.10. The first-order chi connectivity index (χ1) is 8.95. The van der Waals surface area contributed by atoms with E-state index in [1.165, 1.54) is 0 Å².